The Labute approximate surface area is 118 Å². The number of allylic oxidation sites excluding steroid dienone is 2. The second kappa shape index (κ2) is 6.40. The third kappa shape index (κ3) is 5.63. The van der Waals surface area contributed by atoms with Crippen molar-refractivity contribution in [3.05, 3.63) is 24.3 Å². The van der Waals surface area contributed by atoms with Crippen LogP contribution in [0.25, 0.3) is 0 Å². The summed E-state index contributed by atoms with van der Waals surface area (Å²) in [6, 6.07) is 0. The van der Waals surface area contributed by atoms with Crippen molar-refractivity contribution >= 4 is 5.91 Å². The highest BCUT2D eigenvalue weighted by Crippen LogP contribution is 2.27. The Hall–Kier alpha value is -1.05. The van der Waals surface area contributed by atoms with Crippen LogP contribution < -0.4 is 0 Å². The topological polar surface area (TPSA) is 20.3 Å². The third-order valence-corrected chi connectivity index (χ3v) is 3.79. The third-order valence-electron chi connectivity index (χ3n) is 3.79. The molecule has 0 aromatic rings. The van der Waals surface area contributed by atoms with Gasteiger partial charge < -0.3 is 4.90 Å². The summed E-state index contributed by atoms with van der Waals surface area (Å²) in [6.07, 6.45) is 3.89. The van der Waals surface area contributed by atoms with E-state index in [1.54, 1.807) is 0 Å². The minimum Gasteiger partial charge on any atom is -0.343 e. The molecule has 0 unspecified atom stereocenters. The Kier molecular flexibility index (Phi) is 5.39. The van der Waals surface area contributed by atoms with Crippen LogP contribution in [0.15, 0.2) is 24.3 Å². The van der Waals surface area contributed by atoms with Crippen LogP contribution in [0, 0.1) is 11.3 Å². The molecule has 1 aliphatic heterocycles. The van der Waals surface area contributed by atoms with E-state index in [4.69, 9.17) is 0 Å². The molecule has 1 amide bonds. The number of carbonyl (C=O) groups is 1. The van der Waals surface area contributed by atoms with Gasteiger partial charge in [0, 0.05) is 19.5 Å². The Morgan fingerprint density at radius 3 is 2.16 bits per heavy atom. The Morgan fingerprint density at radius 2 is 1.74 bits per heavy atom. The lowest BCUT2D eigenvalue weighted by atomic mass is 9.87. The zero-order valence-electron chi connectivity index (χ0n) is 13.1. The van der Waals surface area contributed by atoms with Gasteiger partial charge in [-0.2, -0.15) is 0 Å². The monoisotopic (exact) mass is 263 g/mol. The molecule has 0 atom stereocenters. The molecule has 0 aromatic heterocycles. The maximum Gasteiger partial charge on any atom is 0.223 e. The van der Waals surface area contributed by atoms with Crippen LogP contribution in [0.2, 0.25) is 0 Å². The number of piperidine rings is 1. The predicted octanol–water partition coefficient (Wildman–Crippen LogP) is 4.18. The van der Waals surface area contributed by atoms with Gasteiger partial charge in [-0.15, -0.1) is 0 Å². The van der Waals surface area contributed by atoms with Crippen molar-refractivity contribution in [2.24, 2.45) is 11.3 Å². The fourth-order valence-electron chi connectivity index (χ4n) is 2.47. The van der Waals surface area contributed by atoms with Gasteiger partial charge in [0.05, 0.1) is 0 Å². The van der Waals surface area contributed by atoms with Crippen molar-refractivity contribution in [3.8, 4) is 0 Å². The van der Waals surface area contributed by atoms with E-state index in [0.29, 0.717) is 18.2 Å². The van der Waals surface area contributed by atoms with Crippen LogP contribution in [0.5, 0.6) is 0 Å². The van der Waals surface area contributed by atoms with E-state index in [-0.39, 0.29) is 5.41 Å². The zero-order chi connectivity index (χ0) is 14.6. The maximum absolute atomic E-state index is 12.1. The molecular formula is C17H29NO. The minimum atomic E-state index is 0.0855. The summed E-state index contributed by atoms with van der Waals surface area (Å²) >= 11 is 0. The Balaban J connectivity index is 2.39. The van der Waals surface area contributed by atoms with Gasteiger partial charge in [0.2, 0.25) is 5.91 Å². The van der Waals surface area contributed by atoms with Crippen molar-refractivity contribution in [2.75, 3.05) is 13.1 Å². The molecule has 108 valence electrons. The Morgan fingerprint density at radius 1 is 1.21 bits per heavy atom. The van der Waals surface area contributed by atoms with Gasteiger partial charge >= 0.3 is 0 Å². The van der Waals surface area contributed by atoms with Crippen LogP contribution in [0.3, 0.4) is 0 Å². The molecule has 2 heteroatoms. The van der Waals surface area contributed by atoms with Gasteiger partial charge in [0.15, 0.2) is 0 Å². The number of rotatable bonds is 4. The number of nitrogens with zero attached hydrogens (tertiary/aromatic N) is 1. The fraction of sp³-hybridized carbons (Fsp3) is 0.706. The summed E-state index contributed by atoms with van der Waals surface area (Å²) in [6.45, 7) is 18.2. The van der Waals surface area contributed by atoms with Gasteiger partial charge in [-0.3, -0.25) is 4.79 Å². The summed E-state index contributed by atoms with van der Waals surface area (Å²) in [4.78, 5) is 14.2. The van der Waals surface area contributed by atoms with Crippen LogP contribution in [0.4, 0.5) is 0 Å². The van der Waals surface area contributed by atoms with E-state index < -0.39 is 0 Å². The number of hydrogen-bond acceptors (Lipinski definition) is 1. The number of carbonyl (C=O) groups excluding carboxylic acids is 1. The fourth-order valence-corrected chi connectivity index (χ4v) is 2.47. The highest BCUT2D eigenvalue weighted by Gasteiger charge is 2.25. The van der Waals surface area contributed by atoms with E-state index in [0.717, 1.165) is 37.9 Å². The highest BCUT2D eigenvalue weighted by molar-refractivity contribution is 5.76. The summed E-state index contributed by atoms with van der Waals surface area (Å²) in [7, 11) is 0. The Bertz CT molecular complexity index is 354. The molecule has 0 N–H and O–H groups in total. The van der Waals surface area contributed by atoms with Gasteiger partial charge in [-0.1, -0.05) is 45.1 Å². The normalized spacial score (nSPS) is 17.4. The van der Waals surface area contributed by atoms with Gasteiger partial charge in [0.25, 0.3) is 0 Å². The van der Waals surface area contributed by atoms with Crippen molar-refractivity contribution in [2.45, 2.75) is 53.4 Å². The molecule has 0 bridgehead atoms. The second-order valence-electron chi connectivity index (χ2n) is 7.15. The van der Waals surface area contributed by atoms with E-state index >= 15 is 0 Å². The first-order chi connectivity index (χ1) is 8.69. The molecule has 0 spiro atoms. The molecule has 0 aromatic carbocycles. The smallest absolute Gasteiger partial charge is 0.223 e. The van der Waals surface area contributed by atoms with E-state index in [9.17, 15) is 4.79 Å². The van der Waals surface area contributed by atoms with Gasteiger partial charge in [-0.05, 0) is 37.5 Å². The first kappa shape index (κ1) is 16.0. The summed E-state index contributed by atoms with van der Waals surface area (Å²) in [5.41, 5.74) is 2.34. The molecule has 0 radical (unpaired) electrons. The standard InChI is InChI=1S/C17H29NO/c1-13(2)14(3)11-15-7-9-18(10-8-15)16(19)12-17(4,5)6/h15H,1,3,7-12H2,2,4-6H3. The zero-order valence-corrected chi connectivity index (χ0v) is 13.1. The van der Waals surface area contributed by atoms with E-state index in [1.807, 2.05) is 11.8 Å². The molecule has 0 aliphatic carbocycles. The number of amides is 1. The summed E-state index contributed by atoms with van der Waals surface area (Å²) in [5, 5.41) is 0. The SMILES string of the molecule is C=C(C)C(=C)CC1CCN(C(=O)CC(C)(C)C)CC1. The molecule has 19 heavy (non-hydrogen) atoms. The summed E-state index contributed by atoms with van der Waals surface area (Å²) in [5.74, 6) is 0.979. The summed E-state index contributed by atoms with van der Waals surface area (Å²) < 4.78 is 0. The first-order valence-electron chi connectivity index (χ1n) is 7.30. The molecule has 2 nitrogen and oxygen atoms in total. The van der Waals surface area contributed by atoms with Crippen LogP contribution in [-0.2, 0) is 4.79 Å². The van der Waals surface area contributed by atoms with Crippen molar-refractivity contribution in [1.82, 2.24) is 4.90 Å². The molecule has 1 saturated heterocycles. The lowest BCUT2D eigenvalue weighted by Gasteiger charge is -2.34. The maximum atomic E-state index is 12.1. The van der Waals surface area contributed by atoms with E-state index in [1.165, 1.54) is 5.57 Å². The van der Waals surface area contributed by atoms with Crippen molar-refractivity contribution in [3.63, 3.8) is 0 Å². The van der Waals surface area contributed by atoms with Gasteiger partial charge in [0.1, 0.15) is 0 Å². The van der Waals surface area contributed by atoms with Crippen molar-refractivity contribution in [1.29, 1.82) is 0 Å². The average Bonchev–Trinajstić information content (AvgIpc) is 2.27. The average molecular weight is 263 g/mol. The lowest BCUT2D eigenvalue weighted by molar-refractivity contribution is -0.134. The van der Waals surface area contributed by atoms with Crippen LogP contribution >= 0.6 is 0 Å². The van der Waals surface area contributed by atoms with Crippen LogP contribution in [-0.4, -0.2) is 23.9 Å². The first-order valence-corrected chi connectivity index (χ1v) is 7.30. The quantitative estimate of drug-likeness (QED) is 0.697. The highest BCUT2D eigenvalue weighted by atomic mass is 16.2. The molecule has 1 heterocycles. The number of hydrogen-bond donors (Lipinski definition) is 0. The van der Waals surface area contributed by atoms with E-state index in [2.05, 4.69) is 33.9 Å². The van der Waals surface area contributed by atoms with Gasteiger partial charge in [-0.25, -0.2) is 0 Å². The largest absolute Gasteiger partial charge is 0.343 e. The van der Waals surface area contributed by atoms with Crippen molar-refractivity contribution < 1.29 is 4.79 Å². The minimum absolute atomic E-state index is 0.0855. The molecule has 1 aliphatic rings. The molecule has 0 saturated carbocycles. The molecule has 1 fully saturated rings. The predicted molar refractivity (Wildman–Crippen MR) is 81.9 cm³/mol. The van der Waals surface area contributed by atoms with Crippen LogP contribution in [0.1, 0.15) is 53.4 Å². The second-order valence-corrected chi connectivity index (χ2v) is 7.15. The molecule has 1 rings (SSSR count). The lowest BCUT2D eigenvalue weighted by Crippen LogP contribution is -2.40. The molecular weight excluding hydrogens is 234 g/mol. The number of likely N-dealkylation sites (tertiary alicyclic amines) is 1.